The number of rotatable bonds is 4. The largest absolute Gasteiger partial charge is 0.444 e. The molecule has 6 nitrogen and oxygen atoms in total. The van der Waals surface area contributed by atoms with Crippen LogP contribution >= 0.6 is 0 Å². The first-order valence-electron chi connectivity index (χ1n) is 10.5. The lowest BCUT2D eigenvalue weighted by molar-refractivity contribution is 0.0141. The number of nitrogens with one attached hydrogen (secondary N) is 1. The molecular weight excluding hydrogens is 366 g/mol. The van der Waals surface area contributed by atoms with Crippen molar-refractivity contribution in [2.45, 2.75) is 72.1 Å². The average Bonchev–Trinajstić information content (AvgIpc) is 2.64. The van der Waals surface area contributed by atoms with Gasteiger partial charge in [0, 0.05) is 43.3 Å². The molecule has 29 heavy (non-hydrogen) atoms. The van der Waals surface area contributed by atoms with Crippen molar-refractivity contribution in [3.8, 4) is 0 Å². The van der Waals surface area contributed by atoms with E-state index in [0.29, 0.717) is 31.7 Å². The van der Waals surface area contributed by atoms with Crippen LogP contribution in [0.2, 0.25) is 0 Å². The van der Waals surface area contributed by atoms with Gasteiger partial charge in [-0.2, -0.15) is 0 Å². The van der Waals surface area contributed by atoms with E-state index >= 15 is 0 Å². The van der Waals surface area contributed by atoms with E-state index in [1.807, 2.05) is 45.0 Å². The van der Waals surface area contributed by atoms with Crippen LogP contribution in [0, 0.1) is 0 Å². The maximum absolute atomic E-state index is 12.9. The molecular formula is C23H37N3O3. The Labute approximate surface area is 175 Å². The number of nitrogens with zero attached hydrogens (tertiary/aromatic N) is 2. The second-order valence-electron chi connectivity index (χ2n) is 9.74. The van der Waals surface area contributed by atoms with Gasteiger partial charge < -0.3 is 19.9 Å². The molecule has 2 amide bonds. The third-order valence-electron chi connectivity index (χ3n) is 4.79. The van der Waals surface area contributed by atoms with E-state index in [1.165, 1.54) is 5.56 Å². The zero-order valence-electron chi connectivity index (χ0n) is 19.0. The number of amides is 2. The van der Waals surface area contributed by atoms with Crippen LogP contribution in [0.4, 0.5) is 4.79 Å². The van der Waals surface area contributed by atoms with E-state index in [1.54, 1.807) is 9.80 Å². The van der Waals surface area contributed by atoms with Crippen LogP contribution in [0.3, 0.4) is 0 Å². The molecule has 0 aromatic heterocycles. The van der Waals surface area contributed by atoms with E-state index in [9.17, 15) is 9.59 Å². The van der Waals surface area contributed by atoms with Crippen LogP contribution in [0.25, 0.3) is 0 Å². The minimum Gasteiger partial charge on any atom is -0.444 e. The Bertz CT molecular complexity index is 694. The van der Waals surface area contributed by atoms with Gasteiger partial charge >= 0.3 is 6.09 Å². The molecule has 6 heteroatoms. The molecule has 1 aliphatic rings. The normalized spacial score (nSPS) is 16.5. The Morgan fingerprint density at radius 1 is 0.966 bits per heavy atom. The molecule has 1 unspecified atom stereocenters. The second kappa shape index (κ2) is 9.16. The van der Waals surface area contributed by atoms with Crippen LogP contribution in [0.1, 0.15) is 76.9 Å². The summed E-state index contributed by atoms with van der Waals surface area (Å²) in [7, 11) is 0. The fourth-order valence-corrected chi connectivity index (χ4v) is 3.40. The zero-order valence-corrected chi connectivity index (χ0v) is 19.0. The predicted octanol–water partition coefficient (Wildman–Crippen LogP) is 4.22. The van der Waals surface area contributed by atoms with Gasteiger partial charge in [-0.3, -0.25) is 4.79 Å². The molecule has 1 saturated heterocycles. The van der Waals surface area contributed by atoms with Crippen molar-refractivity contribution in [3.63, 3.8) is 0 Å². The van der Waals surface area contributed by atoms with Crippen LogP contribution in [0.15, 0.2) is 24.3 Å². The fraction of sp³-hybridized carbons (Fsp3) is 0.652. The van der Waals surface area contributed by atoms with Crippen molar-refractivity contribution in [1.29, 1.82) is 0 Å². The molecule has 0 spiro atoms. The molecule has 162 valence electrons. The Kier molecular flexibility index (Phi) is 7.33. The number of carbonyl (C=O) groups is 2. The minimum absolute atomic E-state index is 0.0113. The first kappa shape index (κ1) is 23.2. The summed E-state index contributed by atoms with van der Waals surface area (Å²) < 4.78 is 5.42. The zero-order chi connectivity index (χ0) is 21.8. The van der Waals surface area contributed by atoms with Gasteiger partial charge in [-0.25, -0.2) is 4.79 Å². The second-order valence-corrected chi connectivity index (χ2v) is 9.74. The molecule has 1 N–H and O–H groups in total. The lowest BCUT2D eigenvalue weighted by Crippen LogP contribution is -2.51. The van der Waals surface area contributed by atoms with Gasteiger partial charge in [-0.15, -0.1) is 0 Å². The molecule has 0 saturated carbocycles. The van der Waals surface area contributed by atoms with E-state index in [4.69, 9.17) is 4.74 Å². The smallest absolute Gasteiger partial charge is 0.410 e. The number of benzene rings is 1. The molecule has 1 aromatic carbocycles. The van der Waals surface area contributed by atoms with Gasteiger partial charge in [0.1, 0.15) is 5.60 Å². The highest BCUT2D eigenvalue weighted by molar-refractivity contribution is 5.94. The minimum atomic E-state index is -0.510. The number of carbonyl (C=O) groups excluding carboxylic acids is 2. The fourth-order valence-electron chi connectivity index (χ4n) is 3.40. The third kappa shape index (κ3) is 7.03. The highest BCUT2D eigenvalue weighted by Gasteiger charge is 2.28. The van der Waals surface area contributed by atoms with Crippen LogP contribution in [-0.4, -0.2) is 59.1 Å². The first-order valence-corrected chi connectivity index (χ1v) is 10.5. The molecule has 1 atom stereocenters. The molecule has 1 aromatic rings. The van der Waals surface area contributed by atoms with Gasteiger partial charge in [-0.1, -0.05) is 19.1 Å². The Balaban J connectivity index is 1.95. The van der Waals surface area contributed by atoms with Gasteiger partial charge in [-0.05, 0) is 65.7 Å². The molecule has 1 heterocycles. The Hall–Kier alpha value is -2.08. The van der Waals surface area contributed by atoms with Crippen molar-refractivity contribution < 1.29 is 14.3 Å². The number of hydrogen-bond acceptors (Lipinski definition) is 4. The number of hydrogen-bond donors (Lipinski definition) is 1. The van der Waals surface area contributed by atoms with Gasteiger partial charge in [0.25, 0.3) is 5.91 Å². The maximum atomic E-state index is 12.9. The molecule has 1 aliphatic heterocycles. The molecule has 0 bridgehead atoms. The van der Waals surface area contributed by atoms with E-state index in [2.05, 4.69) is 33.0 Å². The molecule has 0 radical (unpaired) electrons. The lowest BCUT2D eigenvalue weighted by atomic mass is 9.98. The Morgan fingerprint density at radius 3 is 1.93 bits per heavy atom. The summed E-state index contributed by atoms with van der Waals surface area (Å²) >= 11 is 0. The van der Waals surface area contributed by atoms with Crippen molar-refractivity contribution in [1.82, 2.24) is 15.1 Å². The SMILES string of the molecule is CCC(NC(C)(C)C)c1ccc(C(=O)N2CCN(C(=O)OC(C)(C)C)CC2)cc1. The summed E-state index contributed by atoms with van der Waals surface area (Å²) in [6.45, 7) is 16.2. The standard InChI is InChI=1S/C23H37N3O3/c1-8-19(24-22(2,3)4)17-9-11-18(12-10-17)20(27)25-13-15-26(16-14-25)21(28)29-23(5,6)7/h9-12,19,24H,8,13-16H2,1-7H3. The monoisotopic (exact) mass is 403 g/mol. The third-order valence-corrected chi connectivity index (χ3v) is 4.79. The summed E-state index contributed by atoms with van der Waals surface area (Å²) in [5.41, 5.74) is 1.39. The highest BCUT2D eigenvalue weighted by Crippen LogP contribution is 2.21. The highest BCUT2D eigenvalue weighted by atomic mass is 16.6. The van der Waals surface area contributed by atoms with Crippen LogP contribution in [0.5, 0.6) is 0 Å². The number of piperazine rings is 1. The van der Waals surface area contributed by atoms with Gasteiger partial charge in [0.05, 0.1) is 0 Å². The topological polar surface area (TPSA) is 61.9 Å². The van der Waals surface area contributed by atoms with Crippen molar-refractivity contribution in [2.24, 2.45) is 0 Å². The Morgan fingerprint density at radius 2 is 1.48 bits per heavy atom. The summed E-state index contributed by atoms with van der Waals surface area (Å²) in [5.74, 6) is 0.0113. The molecule has 0 aliphatic carbocycles. The average molecular weight is 404 g/mol. The quantitative estimate of drug-likeness (QED) is 0.818. The van der Waals surface area contributed by atoms with Crippen molar-refractivity contribution in [3.05, 3.63) is 35.4 Å². The summed E-state index contributed by atoms with van der Waals surface area (Å²) in [6.07, 6.45) is 0.669. The van der Waals surface area contributed by atoms with Crippen molar-refractivity contribution >= 4 is 12.0 Å². The molecule has 1 fully saturated rings. The molecule has 2 rings (SSSR count). The van der Waals surface area contributed by atoms with Crippen LogP contribution < -0.4 is 5.32 Å². The van der Waals surface area contributed by atoms with Gasteiger partial charge in [0.2, 0.25) is 0 Å². The van der Waals surface area contributed by atoms with E-state index in [-0.39, 0.29) is 23.6 Å². The maximum Gasteiger partial charge on any atom is 0.410 e. The van der Waals surface area contributed by atoms with Crippen molar-refractivity contribution in [2.75, 3.05) is 26.2 Å². The lowest BCUT2D eigenvalue weighted by Gasteiger charge is -2.35. The summed E-state index contributed by atoms with van der Waals surface area (Å²) in [4.78, 5) is 28.5. The summed E-state index contributed by atoms with van der Waals surface area (Å²) in [6, 6.07) is 8.15. The first-order chi connectivity index (χ1) is 13.4. The number of ether oxygens (including phenoxy) is 1. The van der Waals surface area contributed by atoms with Crippen LogP contribution in [-0.2, 0) is 4.74 Å². The van der Waals surface area contributed by atoms with E-state index < -0.39 is 5.60 Å². The van der Waals surface area contributed by atoms with Gasteiger partial charge in [0.15, 0.2) is 0 Å². The predicted molar refractivity (Wildman–Crippen MR) is 116 cm³/mol. The summed E-state index contributed by atoms with van der Waals surface area (Å²) in [5, 5.41) is 3.62. The van der Waals surface area contributed by atoms with E-state index in [0.717, 1.165) is 6.42 Å².